The van der Waals surface area contributed by atoms with Gasteiger partial charge in [0.1, 0.15) is 5.82 Å². The second-order valence-corrected chi connectivity index (χ2v) is 6.11. The zero-order valence-corrected chi connectivity index (χ0v) is 18.4. The Balaban J connectivity index is 0.00000625. The third-order valence-corrected chi connectivity index (χ3v) is 4.10. The van der Waals surface area contributed by atoms with Gasteiger partial charge in [0, 0.05) is 20.0 Å². The number of ether oxygens (including phenoxy) is 1. The van der Waals surface area contributed by atoms with Crippen molar-refractivity contribution in [3.63, 3.8) is 0 Å². The van der Waals surface area contributed by atoms with Crippen molar-refractivity contribution in [2.45, 2.75) is 52.0 Å². The Morgan fingerprint density at radius 3 is 2.58 bits per heavy atom. The summed E-state index contributed by atoms with van der Waals surface area (Å²) in [5, 5.41) is 6.53. The number of halogens is 2. The van der Waals surface area contributed by atoms with Crippen molar-refractivity contribution >= 4 is 35.9 Å². The number of nitrogens with zero attached hydrogens (tertiary/aromatic N) is 1. The summed E-state index contributed by atoms with van der Waals surface area (Å²) in [6, 6.07) is 5.22. The number of nitrogens with one attached hydrogen (secondary N) is 2. The number of guanidine groups is 1. The molecule has 7 heteroatoms. The molecule has 1 rings (SSSR count). The Kier molecular flexibility index (Phi) is 13.0. The molecule has 0 bridgehead atoms. The van der Waals surface area contributed by atoms with Gasteiger partial charge in [-0.15, -0.1) is 24.0 Å². The van der Waals surface area contributed by atoms with Crippen LogP contribution in [-0.2, 0) is 9.53 Å². The first kappa shape index (κ1) is 24.6. The first-order chi connectivity index (χ1) is 12.0. The Morgan fingerprint density at radius 2 is 1.96 bits per heavy atom. The lowest BCUT2D eigenvalue weighted by Gasteiger charge is -2.18. The van der Waals surface area contributed by atoms with Crippen LogP contribution in [0.4, 0.5) is 4.39 Å². The minimum atomic E-state index is -0.193. The van der Waals surface area contributed by atoms with Crippen molar-refractivity contribution < 1.29 is 13.9 Å². The molecule has 0 heterocycles. The number of hydrogen-bond acceptors (Lipinski definition) is 3. The predicted octanol–water partition coefficient (Wildman–Crippen LogP) is 4.10. The number of unbranched alkanes of at least 4 members (excludes halogenated alkanes) is 3. The molecule has 0 aliphatic rings. The smallest absolute Gasteiger partial charge is 0.305 e. The Morgan fingerprint density at radius 1 is 1.27 bits per heavy atom. The molecule has 1 aromatic carbocycles. The van der Waals surface area contributed by atoms with Crippen LogP contribution >= 0.6 is 24.0 Å². The maximum absolute atomic E-state index is 13.7. The van der Waals surface area contributed by atoms with E-state index in [4.69, 9.17) is 0 Å². The molecule has 0 spiro atoms. The highest BCUT2D eigenvalue weighted by molar-refractivity contribution is 14.0. The second-order valence-electron chi connectivity index (χ2n) is 6.11. The third kappa shape index (κ3) is 9.35. The summed E-state index contributed by atoms with van der Waals surface area (Å²) in [4.78, 5) is 15.2. The lowest BCUT2D eigenvalue weighted by molar-refractivity contribution is -0.140. The van der Waals surface area contributed by atoms with E-state index in [2.05, 4.69) is 20.4 Å². The van der Waals surface area contributed by atoms with Gasteiger partial charge in [-0.05, 0) is 43.9 Å². The van der Waals surface area contributed by atoms with Crippen LogP contribution in [0.2, 0.25) is 0 Å². The fraction of sp³-hybridized carbons (Fsp3) is 0.579. The molecule has 0 aromatic heterocycles. The van der Waals surface area contributed by atoms with E-state index < -0.39 is 0 Å². The van der Waals surface area contributed by atoms with Crippen molar-refractivity contribution in [1.82, 2.24) is 10.6 Å². The average molecular weight is 479 g/mol. The van der Waals surface area contributed by atoms with E-state index in [-0.39, 0.29) is 41.8 Å². The number of benzene rings is 1. The van der Waals surface area contributed by atoms with E-state index in [1.165, 1.54) is 7.11 Å². The summed E-state index contributed by atoms with van der Waals surface area (Å²) < 4.78 is 18.3. The van der Waals surface area contributed by atoms with Gasteiger partial charge in [0.2, 0.25) is 0 Å². The first-order valence-electron chi connectivity index (χ1n) is 8.78. The van der Waals surface area contributed by atoms with Gasteiger partial charge in [-0.2, -0.15) is 0 Å². The number of esters is 1. The first-order valence-corrected chi connectivity index (χ1v) is 8.78. The maximum atomic E-state index is 13.7. The minimum absolute atomic E-state index is 0. The molecule has 5 nitrogen and oxygen atoms in total. The molecule has 0 aliphatic carbocycles. The topological polar surface area (TPSA) is 62.7 Å². The summed E-state index contributed by atoms with van der Waals surface area (Å²) >= 11 is 0. The lowest BCUT2D eigenvalue weighted by Crippen LogP contribution is -2.39. The third-order valence-electron chi connectivity index (χ3n) is 4.10. The predicted molar refractivity (Wildman–Crippen MR) is 115 cm³/mol. The van der Waals surface area contributed by atoms with E-state index in [1.54, 1.807) is 26.1 Å². The number of hydrogen-bond donors (Lipinski definition) is 2. The largest absolute Gasteiger partial charge is 0.469 e. The van der Waals surface area contributed by atoms with Crippen LogP contribution in [0.5, 0.6) is 0 Å². The van der Waals surface area contributed by atoms with Gasteiger partial charge in [-0.1, -0.05) is 25.0 Å². The van der Waals surface area contributed by atoms with Crippen molar-refractivity contribution in [3.8, 4) is 0 Å². The van der Waals surface area contributed by atoms with Gasteiger partial charge in [-0.25, -0.2) is 4.39 Å². The van der Waals surface area contributed by atoms with E-state index in [0.717, 1.165) is 37.8 Å². The molecule has 1 atom stereocenters. The number of carbonyl (C=O) groups is 1. The highest BCUT2D eigenvalue weighted by atomic mass is 127. The minimum Gasteiger partial charge on any atom is -0.469 e. The molecular formula is C19H31FIN3O2. The molecule has 0 aliphatic heterocycles. The van der Waals surface area contributed by atoms with Crippen LogP contribution in [0, 0.1) is 12.7 Å². The van der Waals surface area contributed by atoms with Gasteiger partial charge in [0.15, 0.2) is 5.96 Å². The van der Waals surface area contributed by atoms with Crippen molar-refractivity contribution in [1.29, 1.82) is 0 Å². The number of aliphatic imine (C=N–C) groups is 1. The molecule has 0 amide bonds. The maximum Gasteiger partial charge on any atom is 0.305 e. The van der Waals surface area contributed by atoms with Gasteiger partial charge < -0.3 is 15.4 Å². The molecule has 0 radical (unpaired) electrons. The van der Waals surface area contributed by atoms with Gasteiger partial charge in [0.25, 0.3) is 0 Å². The fourth-order valence-electron chi connectivity index (χ4n) is 2.42. The zero-order valence-electron chi connectivity index (χ0n) is 16.1. The van der Waals surface area contributed by atoms with E-state index >= 15 is 0 Å². The molecule has 26 heavy (non-hydrogen) atoms. The summed E-state index contributed by atoms with van der Waals surface area (Å²) in [7, 11) is 3.13. The molecule has 0 saturated carbocycles. The SMILES string of the molecule is CN=C(NCCCCCCC(=O)OC)NC(C)c1ccc(C)c(F)c1.I. The van der Waals surface area contributed by atoms with Crippen LogP contribution in [0.3, 0.4) is 0 Å². The average Bonchev–Trinajstić information content (AvgIpc) is 2.61. The molecule has 2 N–H and O–H groups in total. The van der Waals surface area contributed by atoms with E-state index in [1.807, 2.05) is 13.0 Å². The van der Waals surface area contributed by atoms with Crippen LogP contribution in [0.1, 0.15) is 56.2 Å². The number of aryl methyl sites for hydroxylation is 1. The number of carbonyl (C=O) groups excluding carboxylic acids is 1. The summed E-state index contributed by atoms with van der Waals surface area (Å²) in [6.07, 6.45) is 4.38. The van der Waals surface area contributed by atoms with Crippen molar-refractivity contribution in [2.75, 3.05) is 20.7 Å². The molecule has 1 unspecified atom stereocenters. The molecule has 0 fully saturated rings. The highest BCUT2D eigenvalue weighted by Crippen LogP contribution is 2.16. The number of rotatable bonds is 9. The molecule has 0 saturated heterocycles. The molecular weight excluding hydrogens is 448 g/mol. The standard InChI is InChI=1S/C19H30FN3O2.HI/c1-14-10-11-16(13-17(14)20)15(2)23-19(21-3)22-12-8-6-5-7-9-18(24)25-4;/h10-11,13,15H,5-9,12H2,1-4H3,(H2,21,22,23);1H. The monoisotopic (exact) mass is 479 g/mol. The molecule has 1 aromatic rings. The number of methoxy groups -OCH3 is 1. The van der Waals surface area contributed by atoms with Crippen LogP contribution < -0.4 is 10.6 Å². The van der Waals surface area contributed by atoms with Gasteiger partial charge in [-0.3, -0.25) is 9.79 Å². The zero-order chi connectivity index (χ0) is 18.7. The normalized spacial score (nSPS) is 12.1. The van der Waals surface area contributed by atoms with Gasteiger partial charge >= 0.3 is 5.97 Å². The quantitative estimate of drug-likeness (QED) is 0.184. The fourth-order valence-corrected chi connectivity index (χ4v) is 2.42. The highest BCUT2D eigenvalue weighted by Gasteiger charge is 2.09. The van der Waals surface area contributed by atoms with Gasteiger partial charge in [0.05, 0.1) is 13.2 Å². The summed E-state index contributed by atoms with van der Waals surface area (Å²) in [5.74, 6) is 0.355. The van der Waals surface area contributed by atoms with Crippen LogP contribution in [0.15, 0.2) is 23.2 Å². The Labute approximate surface area is 173 Å². The van der Waals surface area contributed by atoms with Crippen LogP contribution in [-0.4, -0.2) is 32.6 Å². The van der Waals surface area contributed by atoms with Crippen molar-refractivity contribution in [2.24, 2.45) is 4.99 Å². The summed E-state index contributed by atoms with van der Waals surface area (Å²) in [6.45, 7) is 4.53. The Hall–Kier alpha value is -1.38. The van der Waals surface area contributed by atoms with Crippen LogP contribution in [0.25, 0.3) is 0 Å². The van der Waals surface area contributed by atoms with E-state index in [9.17, 15) is 9.18 Å². The lowest BCUT2D eigenvalue weighted by atomic mass is 10.1. The Bertz CT molecular complexity index is 582. The second kappa shape index (κ2) is 13.8. The van der Waals surface area contributed by atoms with E-state index in [0.29, 0.717) is 17.9 Å². The molecule has 148 valence electrons. The summed E-state index contributed by atoms with van der Waals surface area (Å²) in [5.41, 5.74) is 1.53. The van der Waals surface area contributed by atoms with Crippen molar-refractivity contribution in [3.05, 3.63) is 35.1 Å².